The summed E-state index contributed by atoms with van der Waals surface area (Å²) in [4.78, 5) is 18.5. The lowest BCUT2D eigenvalue weighted by atomic mass is 10.2. The van der Waals surface area contributed by atoms with Crippen molar-refractivity contribution in [3.63, 3.8) is 0 Å². The van der Waals surface area contributed by atoms with Crippen LogP contribution in [-0.4, -0.2) is 14.9 Å². The number of nitro groups is 1. The number of H-pyrrole nitrogens is 1. The van der Waals surface area contributed by atoms with Gasteiger partial charge >= 0.3 is 5.69 Å². The first-order valence-corrected chi connectivity index (χ1v) is 7.77. The highest BCUT2D eigenvalue weighted by molar-refractivity contribution is 5.79. The minimum atomic E-state index is -0.523. The Morgan fingerprint density at radius 3 is 2.54 bits per heavy atom. The predicted octanol–water partition coefficient (Wildman–Crippen LogP) is 5.07. The highest BCUT2D eigenvalue weighted by Gasteiger charge is 2.18. The highest BCUT2D eigenvalue weighted by atomic mass is 19.1. The van der Waals surface area contributed by atoms with Crippen LogP contribution in [0, 0.1) is 15.9 Å². The predicted molar refractivity (Wildman–Crippen MR) is 94.7 cm³/mol. The Hall–Kier alpha value is -3.74. The fourth-order valence-electron chi connectivity index (χ4n) is 2.61. The van der Waals surface area contributed by atoms with E-state index in [2.05, 4.69) is 9.97 Å². The number of nitrogens with one attached hydrogen (secondary N) is 1. The van der Waals surface area contributed by atoms with Crippen LogP contribution in [-0.2, 0) is 0 Å². The van der Waals surface area contributed by atoms with E-state index in [1.807, 2.05) is 24.3 Å². The molecule has 4 rings (SSSR count). The number of hydrogen-bond donors (Lipinski definition) is 1. The molecule has 1 aromatic heterocycles. The molecule has 0 bridgehead atoms. The Kier molecular flexibility index (Phi) is 3.81. The van der Waals surface area contributed by atoms with Crippen LogP contribution in [0.3, 0.4) is 0 Å². The zero-order chi connectivity index (χ0) is 18.1. The van der Waals surface area contributed by atoms with E-state index in [-0.39, 0.29) is 11.4 Å². The third-order valence-corrected chi connectivity index (χ3v) is 3.86. The number of nitrogens with zero attached hydrogens (tertiary/aromatic N) is 2. The summed E-state index contributed by atoms with van der Waals surface area (Å²) in [6.07, 6.45) is 0. The monoisotopic (exact) mass is 349 g/mol. The summed E-state index contributed by atoms with van der Waals surface area (Å²) in [7, 11) is 0. The fourth-order valence-corrected chi connectivity index (χ4v) is 2.61. The Bertz CT molecular complexity index is 1070. The number of rotatable bonds is 4. The molecule has 4 aromatic rings. The molecule has 0 spiro atoms. The maximum Gasteiger partial charge on any atom is 0.312 e. The lowest BCUT2D eigenvalue weighted by Crippen LogP contribution is -1.95. The first-order valence-electron chi connectivity index (χ1n) is 7.77. The number of hydrogen-bond acceptors (Lipinski definition) is 4. The number of halogens is 1. The molecule has 0 aliphatic rings. The third-order valence-electron chi connectivity index (χ3n) is 3.86. The fraction of sp³-hybridized carbons (Fsp3) is 0. The van der Waals surface area contributed by atoms with Crippen molar-refractivity contribution >= 4 is 16.7 Å². The lowest BCUT2D eigenvalue weighted by molar-refractivity contribution is -0.385. The van der Waals surface area contributed by atoms with Gasteiger partial charge in [0.25, 0.3) is 0 Å². The van der Waals surface area contributed by atoms with Crippen molar-refractivity contribution in [2.24, 2.45) is 0 Å². The van der Waals surface area contributed by atoms with Gasteiger partial charge in [0.2, 0.25) is 5.75 Å². The highest BCUT2D eigenvalue weighted by Crippen LogP contribution is 2.35. The summed E-state index contributed by atoms with van der Waals surface area (Å²) in [6.45, 7) is 0. The average Bonchev–Trinajstić information content (AvgIpc) is 3.08. The molecule has 0 fully saturated rings. The van der Waals surface area contributed by atoms with Crippen LogP contribution in [0.4, 0.5) is 10.1 Å². The average molecular weight is 349 g/mol. The van der Waals surface area contributed by atoms with Gasteiger partial charge in [0.1, 0.15) is 17.4 Å². The second-order valence-electron chi connectivity index (χ2n) is 5.60. The van der Waals surface area contributed by atoms with E-state index in [1.165, 1.54) is 36.4 Å². The van der Waals surface area contributed by atoms with Gasteiger partial charge < -0.3 is 9.72 Å². The molecule has 0 saturated heterocycles. The Morgan fingerprint density at radius 1 is 1.04 bits per heavy atom. The van der Waals surface area contributed by atoms with Crippen LogP contribution in [0.25, 0.3) is 22.4 Å². The molecule has 1 heterocycles. The normalized spacial score (nSPS) is 10.8. The molecule has 0 atom stereocenters. The first kappa shape index (κ1) is 15.8. The van der Waals surface area contributed by atoms with Crippen LogP contribution in [0.15, 0.2) is 66.7 Å². The SMILES string of the molecule is O=[N+]([O-])c1cc(-c2nc3ccccc3[nH]2)ccc1Oc1ccc(F)cc1. The zero-order valence-corrected chi connectivity index (χ0v) is 13.3. The molecule has 0 unspecified atom stereocenters. The number of aromatic amines is 1. The van der Waals surface area contributed by atoms with Gasteiger partial charge in [-0.2, -0.15) is 0 Å². The molecule has 7 heteroatoms. The van der Waals surface area contributed by atoms with E-state index in [9.17, 15) is 14.5 Å². The number of nitro benzene ring substituents is 1. The summed E-state index contributed by atoms with van der Waals surface area (Å²) in [5, 5.41) is 11.5. The van der Waals surface area contributed by atoms with E-state index in [0.29, 0.717) is 17.1 Å². The van der Waals surface area contributed by atoms with Crippen molar-refractivity contribution < 1.29 is 14.1 Å². The summed E-state index contributed by atoms with van der Waals surface area (Å²) < 4.78 is 18.5. The van der Waals surface area contributed by atoms with Crippen molar-refractivity contribution in [2.75, 3.05) is 0 Å². The zero-order valence-electron chi connectivity index (χ0n) is 13.3. The van der Waals surface area contributed by atoms with E-state index < -0.39 is 10.7 Å². The number of fused-ring (bicyclic) bond motifs is 1. The molecule has 0 saturated carbocycles. The number of benzene rings is 3. The summed E-state index contributed by atoms with van der Waals surface area (Å²) in [5.41, 5.74) is 1.99. The molecule has 3 aromatic carbocycles. The standard InChI is InChI=1S/C19H12FN3O3/c20-13-6-8-14(9-7-13)26-18-10-5-12(11-17(18)23(24)25)19-21-15-3-1-2-4-16(15)22-19/h1-11H,(H,21,22). The van der Waals surface area contributed by atoms with Crippen molar-refractivity contribution in [3.05, 3.63) is 82.7 Å². The van der Waals surface area contributed by atoms with Gasteiger partial charge in [0.05, 0.1) is 16.0 Å². The summed E-state index contributed by atoms with van der Waals surface area (Å²) >= 11 is 0. The number of imidazole rings is 1. The molecular weight excluding hydrogens is 337 g/mol. The van der Waals surface area contributed by atoms with Gasteiger partial charge in [-0.1, -0.05) is 12.1 Å². The number of ether oxygens (including phenoxy) is 1. The number of aromatic nitrogens is 2. The van der Waals surface area contributed by atoms with Gasteiger partial charge in [0, 0.05) is 11.6 Å². The van der Waals surface area contributed by atoms with Gasteiger partial charge in [-0.15, -0.1) is 0 Å². The summed E-state index contributed by atoms with van der Waals surface area (Å²) in [5.74, 6) is 0.502. The molecule has 0 radical (unpaired) electrons. The van der Waals surface area contributed by atoms with Crippen molar-refractivity contribution in [1.29, 1.82) is 0 Å². The van der Waals surface area contributed by atoms with E-state index in [0.717, 1.165) is 11.0 Å². The van der Waals surface area contributed by atoms with Crippen molar-refractivity contribution in [1.82, 2.24) is 9.97 Å². The van der Waals surface area contributed by atoms with Gasteiger partial charge in [-0.3, -0.25) is 10.1 Å². The molecule has 1 N–H and O–H groups in total. The topological polar surface area (TPSA) is 81.0 Å². The second-order valence-corrected chi connectivity index (χ2v) is 5.60. The van der Waals surface area contributed by atoms with Crippen LogP contribution in [0.2, 0.25) is 0 Å². The van der Waals surface area contributed by atoms with Crippen LogP contribution >= 0.6 is 0 Å². The lowest BCUT2D eigenvalue weighted by Gasteiger charge is -2.07. The molecular formula is C19H12FN3O3. The molecule has 26 heavy (non-hydrogen) atoms. The van der Waals surface area contributed by atoms with Crippen LogP contribution in [0.5, 0.6) is 11.5 Å². The molecule has 6 nitrogen and oxygen atoms in total. The molecule has 0 amide bonds. The van der Waals surface area contributed by atoms with Crippen molar-refractivity contribution in [2.45, 2.75) is 0 Å². The second kappa shape index (κ2) is 6.29. The number of para-hydroxylation sites is 2. The minimum Gasteiger partial charge on any atom is -0.450 e. The van der Waals surface area contributed by atoms with E-state index >= 15 is 0 Å². The van der Waals surface area contributed by atoms with Crippen LogP contribution < -0.4 is 4.74 Å². The van der Waals surface area contributed by atoms with Crippen molar-refractivity contribution in [3.8, 4) is 22.9 Å². The Labute approximate surface area is 147 Å². The molecule has 0 aliphatic carbocycles. The largest absolute Gasteiger partial charge is 0.450 e. The van der Waals surface area contributed by atoms with E-state index in [1.54, 1.807) is 6.07 Å². The first-order chi connectivity index (χ1) is 12.6. The van der Waals surface area contributed by atoms with Gasteiger partial charge in [-0.05, 0) is 48.5 Å². The smallest absolute Gasteiger partial charge is 0.312 e. The summed E-state index contributed by atoms with van der Waals surface area (Å²) in [6, 6.07) is 17.3. The maximum atomic E-state index is 13.0. The van der Waals surface area contributed by atoms with E-state index in [4.69, 9.17) is 4.74 Å². The van der Waals surface area contributed by atoms with Gasteiger partial charge in [0.15, 0.2) is 0 Å². The van der Waals surface area contributed by atoms with Gasteiger partial charge in [-0.25, -0.2) is 9.37 Å². The minimum absolute atomic E-state index is 0.0708. The molecule has 0 aliphatic heterocycles. The molecule has 128 valence electrons. The quantitative estimate of drug-likeness (QED) is 0.412. The maximum absolute atomic E-state index is 13.0. The Balaban J connectivity index is 1.73. The third kappa shape index (κ3) is 2.98. The Morgan fingerprint density at radius 2 is 1.81 bits per heavy atom. The van der Waals surface area contributed by atoms with Crippen LogP contribution in [0.1, 0.15) is 0 Å².